The molecule has 1 aromatic heterocycles. The maximum absolute atomic E-state index is 12.3. The van der Waals surface area contributed by atoms with Crippen LogP contribution in [0.25, 0.3) is 17.0 Å². The number of carbonyl (C=O) groups is 1. The SMILES string of the molecule is CCn1cc(C(=O)O)c(=O)c2cc(/C=C/COCCO)ccc21. The Kier molecular flexibility index (Phi) is 5.67. The lowest BCUT2D eigenvalue weighted by atomic mass is 10.1. The number of rotatable bonds is 7. The molecule has 0 bridgehead atoms. The highest BCUT2D eigenvalue weighted by atomic mass is 16.5. The topological polar surface area (TPSA) is 88.8 Å². The molecular weight excluding hydrogens is 298 g/mol. The second kappa shape index (κ2) is 7.71. The highest BCUT2D eigenvalue weighted by Crippen LogP contribution is 2.15. The number of aliphatic hydroxyl groups excluding tert-OH is 1. The molecule has 0 radical (unpaired) electrons. The van der Waals surface area contributed by atoms with Crippen LogP contribution in [0.3, 0.4) is 0 Å². The fraction of sp³-hybridized carbons (Fsp3) is 0.294. The first-order valence-corrected chi connectivity index (χ1v) is 7.34. The van der Waals surface area contributed by atoms with Crippen LogP contribution in [0.5, 0.6) is 0 Å². The van der Waals surface area contributed by atoms with Gasteiger partial charge in [-0.15, -0.1) is 0 Å². The molecule has 122 valence electrons. The second-order valence-corrected chi connectivity index (χ2v) is 4.94. The number of benzene rings is 1. The molecule has 0 aliphatic rings. The third kappa shape index (κ3) is 3.85. The molecule has 0 spiro atoms. The Morgan fingerprint density at radius 2 is 2.17 bits per heavy atom. The monoisotopic (exact) mass is 317 g/mol. The van der Waals surface area contributed by atoms with Crippen molar-refractivity contribution in [3.63, 3.8) is 0 Å². The van der Waals surface area contributed by atoms with Gasteiger partial charge in [-0.3, -0.25) is 4.79 Å². The summed E-state index contributed by atoms with van der Waals surface area (Å²) in [4.78, 5) is 23.6. The van der Waals surface area contributed by atoms with Crippen LogP contribution in [-0.2, 0) is 11.3 Å². The van der Waals surface area contributed by atoms with E-state index in [9.17, 15) is 14.7 Å². The number of fused-ring (bicyclic) bond motifs is 1. The van der Waals surface area contributed by atoms with E-state index in [1.807, 2.05) is 13.0 Å². The normalized spacial score (nSPS) is 11.4. The number of carboxylic acids is 1. The van der Waals surface area contributed by atoms with Gasteiger partial charge in [0, 0.05) is 18.1 Å². The predicted molar refractivity (Wildman–Crippen MR) is 87.8 cm³/mol. The van der Waals surface area contributed by atoms with Crippen molar-refractivity contribution in [1.29, 1.82) is 0 Å². The molecule has 1 aromatic carbocycles. The summed E-state index contributed by atoms with van der Waals surface area (Å²) >= 11 is 0. The van der Waals surface area contributed by atoms with Crippen LogP contribution in [0.2, 0.25) is 0 Å². The minimum atomic E-state index is -1.22. The molecule has 6 nitrogen and oxygen atoms in total. The molecule has 0 unspecified atom stereocenters. The number of aliphatic hydroxyl groups is 1. The third-order valence-corrected chi connectivity index (χ3v) is 3.44. The number of aromatic nitrogens is 1. The van der Waals surface area contributed by atoms with Crippen molar-refractivity contribution in [1.82, 2.24) is 4.57 Å². The minimum Gasteiger partial charge on any atom is -0.477 e. The highest BCUT2D eigenvalue weighted by molar-refractivity contribution is 5.93. The van der Waals surface area contributed by atoms with E-state index >= 15 is 0 Å². The molecule has 0 saturated carbocycles. The summed E-state index contributed by atoms with van der Waals surface area (Å²) in [6, 6.07) is 5.34. The number of hydrogen-bond acceptors (Lipinski definition) is 4. The Morgan fingerprint density at radius 1 is 1.39 bits per heavy atom. The summed E-state index contributed by atoms with van der Waals surface area (Å²) in [5.41, 5.74) is 0.777. The molecule has 23 heavy (non-hydrogen) atoms. The van der Waals surface area contributed by atoms with Crippen LogP contribution >= 0.6 is 0 Å². The predicted octanol–water partition coefficient (Wildman–Crippen LogP) is 1.74. The maximum atomic E-state index is 12.3. The Morgan fingerprint density at radius 3 is 2.83 bits per heavy atom. The van der Waals surface area contributed by atoms with E-state index in [0.29, 0.717) is 24.1 Å². The lowest BCUT2D eigenvalue weighted by Gasteiger charge is -2.10. The second-order valence-electron chi connectivity index (χ2n) is 4.94. The third-order valence-electron chi connectivity index (χ3n) is 3.44. The van der Waals surface area contributed by atoms with Crippen molar-refractivity contribution in [3.05, 3.63) is 51.8 Å². The van der Waals surface area contributed by atoms with E-state index in [1.54, 1.807) is 28.9 Å². The van der Waals surface area contributed by atoms with Gasteiger partial charge in [0.05, 0.1) is 25.3 Å². The van der Waals surface area contributed by atoms with E-state index < -0.39 is 11.4 Å². The summed E-state index contributed by atoms with van der Waals surface area (Å²) in [5, 5.41) is 18.2. The van der Waals surface area contributed by atoms with E-state index in [2.05, 4.69) is 0 Å². The van der Waals surface area contributed by atoms with Gasteiger partial charge in [0.25, 0.3) is 0 Å². The van der Waals surface area contributed by atoms with Gasteiger partial charge in [-0.25, -0.2) is 4.79 Å². The minimum absolute atomic E-state index is 0.0294. The van der Waals surface area contributed by atoms with Crippen molar-refractivity contribution >= 4 is 22.9 Å². The van der Waals surface area contributed by atoms with Gasteiger partial charge >= 0.3 is 5.97 Å². The average molecular weight is 317 g/mol. The van der Waals surface area contributed by atoms with Gasteiger partial charge in [0.15, 0.2) is 0 Å². The van der Waals surface area contributed by atoms with Crippen LogP contribution in [0.4, 0.5) is 0 Å². The molecule has 2 N–H and O–H groups in total. The number of aryl methyl sites for hydroxylation is 1. The summed E-state index contributed by atoms with van der Waals surface area (Å²) in [5.74, 6) is -1.22. The zero-order chi connectivity index (χ0) is 16.8. The smallest absolute Gasteiger partial charge is 0.341 e. The number of aromatic carboxylic acids is 1. The largest absolute Gasteiger partial charge is 0.477 e. The maximum Gasteiger partial charge on any atom is 0.341 e. The van der Waals surface area contributed by atoms with Gasteiger partial charge in [-0.05, 0) is 24.6 Å². The Balaban J connectivity index is 2.43. The first-order valence-electron chi connectivity index (χ1n) is 7.34. The lowest BCUT2D eigenvalue weighted by Crippen LogP contribution is -2.18. The van der Waals surface area contributed by atoms with Crippen molar-refractivity contribution in [2.45, 2.75) is 13.5 Å². The Bertz CT molecular complexity index is 791. The van der Waals surface area contributed by atoms with Gasteiger partial charge < -0.3 is 19.5 Å². The molecule has 0 fully saturated rings. The molecule has 0 aliphatic heterocycles. The fourth-order valence-corrected chi connectivity index (χ4v) is 2.33. The Hall–Kier alpha value is -2.44. The van der Waals surface area contributed by atoms with Crippen molar-refractivity contribution in [3.8, 4) is 0 Å². The van der Waals surface area contributed by atoms with Crippen molar-refractivity contribution in [2.75, 3.05) is 19.8 Å². The molecule has 0 atom stereocenters. The number of nitrogens with zero attached hydrogens (tertiary/aromatic N) is 1. The molecule has 1 heterocycles. The van der Waals surface area contributed by atoms with E-state index in [-0.39, 0.29) is 18.8 Å². The molecule has 0 aliphatic carbocycles. The van der Waals surface area contributed by atoms with Crippen molar-refractivity contribution < 1.29 is 19.7 Å². The summed E-state index contributed by atoms with van der Waals surface area (Å²) in [7, 11) is 0. The zero-order valence-electron chi connectivity index (χ0n) is 12.9. The highest BCUT2D eigenvalue weighted by Gasteiger charge is 2.13. The van der Waals surface area contributed by atoms with Crippen LogP contribution in [-0.4, -0.2) is 40.6 Å². The number of carboxylic acid groups (broad SMARTS) is 1. The van der Waals surface area contributed by atoms with E-state index in [0.717, 1.165) is 5.56 Å². The molecule has 2 aromatic rings. The first-order chi connectivity index (χ1) is 11.1. The molecule has 2 rings (SSSR count). The summed E-state index contributed by atoms with van der Waals surface area (Å²) < 4.78 is 6.87. The van der Waals surface area contributed by atoms with Crippen LogP contribution in [0, 0.1) is 0 Å². The number of ether oxygens (including phenoxy) is 1. The molecule has 0 saturated heterocycles. The van der Waals surface area contributed by atoms with Gasteiger partial charge in [0.1, 0.15) is 5.56 Å². The Labute approximate surface area is 133 Å². The van der Waals surface area contributed by atoms with Gasteiger partial charge in [-0.1, -0.05) is 18.2 Å². The fourth-order valence-electron chi connectivity index (χ4n) is 2.33. The molecule has 6 heteroatoms. The summed E-state index contributed by atoms with van der Waals surface area (Å²) in [6.07, 6.45) is 4.95. The van der Waals surface area contributed by atoms with Crippen LogP contribution < -0.4 is 5.43 Å². The quantitative estimate of drug-likeness (QED) is 0.759. The van der Waals surface area contributed by atoms with Gasteiger partial charge in [-0.2, -0.15) is 0 Å². The van der Waals surface area contributed by atoms with Gasteiger partial charge in [0.2, 0.25) is 5.43 Å². The lowest BCUT2D eigenvalue weighted by molar-refractivity contribution is 0.0695. The van der Waals surface area contributed by atoms with E-state index in [4.69, 9.17) is 9.84 Å². The standard InChI is InChI=1S/C17H19NO5/c1-2-18-11-14(17(21)22)16(20)13-10-12(5-6-15(13)18)4-3-8-23-9-7-19/h3-6,10-11,19H,2,7-9H2,1H3,(H,21,22)/b4-3+. The zero-order valence-corrected chi connectivity index (χ0v) is 12.9. The van der Waals surface area contributed by atoms with Crippen LogP contribution in [0.1, 0.15) is 22.8 Å². The molecule has 0 amide bonds. The van der Waals surface area contributed by atoms with E-state index in [1.165, 1.54) is 6.20 Å². The first kappa shape index (κ1) is 16.9. The number of pyridine rings is 1. The summed E-state index contributed by atoms with van der Waals surface area (Å²) in [6.45, 7) is 3.06. The van der Waals surface area contributed by atoms with Crippen LogP contribution in [0.15, 0.2) is 35.3 Å². The molecular formula is C17H19NO5. The average Bonchev–Trinajstić information content (AvgIpc) is 2.55. The van der Waals surface area contributed by atoms with Crippen molar-refractivity contribution in [2.24, 2.45) is 0 Å². The number of hydrogen-bond donors (Lipinski definition) is 2.